The summed E-state index contributed by atoms with van der Waals surface area (Å²) < 4.78 is 1.48. The molecule has 17 heavy (non-hydrogen) atoms. The fourth-order valence-electron chi connectivity index (χ4n) is 1.27. The third kappa shape index (κ3) is 3.17. The summed E-state index contributed by atoms with van der Waals surface area (Å²) >= 11 is 8.52. The first-order valence-corrected chi connectivity index (χ1v) is 6.06. The highest BCUT2D eigenvalue weighted by atomic mass is 79.9. The largest absolute Gasteiger partial charge is 0.304 e. The van der Waals surface area contributed by atoms with Crippen LogP contribution < -0.4 is 5.56 Å². The van der Waals surface area contributed by atoms with E-state index in [0.717, 1.165) is 0 Å². The second kappa shape index (κ2) is 5.97. The first-order chi connectivity index (χ1) is 7.99. The summed E-state index contributed by atoms with van der Waals surface area (Å²) in [6.45, 7) is 1.79. The lowest BCUT2D eigenvalue weighted by atomic mass is 10.2. The maximum absolute atomic E-state index is 11.8. The molecule has 0 N–H and O–H groups in total. The van der Waals surface area contributed by atoms with E-state index < -0.39 is 4.92 Å². The van der Waals surface area contributed by atoms with Crippen LogP contribution in [0, 0.1) is 17.0 Å². The van der Waals surface area contributed by atoms with Gasteiger partial charge in [0.2, 0.25) is 0 Å². The van der Waals surface area contributed by atoms with Crippen LogP contribution in [0.2, 0.25) is 0 Å². The summed E-state index contributed by atoms with van der Waals surface area (Å²) in [7, 11) is 0. The van der Waals surface area contributed by atoms with Crippen LogP contribution >= 0.6 is 27.5 Å². The number of hydrogen-bond donors (Lipinski definition) is 0. The minimum Gasteiger partial charge on any atom is -0.304 e. The topological polar surface area (TPSA) is 65.1 Å². The van der Waals surface area contributed by atoms with Crippen LogP contribution in [-0.4, -0.2) is 15.4 Å². The fourth-order valence-corrected chi connectivity index (χ4v) is 1.83. The van der Waals surface area contributed by atoms with E-state index >= 15 is 0 Å². The Balaban J connectivity index is 3.27. The normalized spacial score (nSPS) is 11.0. The Morgan fingerprint density at radius 3 is 2.76 bits per heavy atom. The van der Waals surface area contributed by atoms with Gasteiger partial charge in [-0.2, -0.15) is 0 Å². The monoisotopic (exact) mass is 320 g/mol. The molecule has 1 aromatic rings. The Morgan fingerprint density at radius 2 is 2.24 bits per heavy atom. The first kappa shape index (κ1) is 13.9. The molecule has 5 nitrogen and oxygen atoms in total. The Kier molecular flexibility index (Phi) is 4.89. The molecule has 1 rings (SSSR count). The van der Waals surface area contributed by atoms with E-state index in [0.29, 0.717) is 11.4 Å². The Hall–Kier alpha value is -1.14. The van der Waals surface area contributed by atoms with Crippen molar-refractivity contribution >= 4 is 33.2 Å². The predicted octanol–water partition coefficient (Wildman–Crippen LogP) is 2.62. The standard InChI is InChI=1S/C10H10BrClN2O3/c1-7-8(14(16)17)6-13(5-3-2-4-12)10(15)9(7)11/h2-3,6H,4-5H2,1H3/b3-2+. The molecule has 0 saturated heterocycles. The lowest BCUT2D eigenvalue weighted by Crippen LogP contribution is -2.21. The van der Waals surface area contributed by atoms with Gasteiger partial charge in [-0.3, -0.25) is 14.9 Å². The number of pyridine rings is 1. The quantitative estimate of drug-likeness (QED) is 0.370. The number of allylic oxidation sites excluding steroid dienone is 2. The molecule has 1 heterocycles. The van der Waals surface area contributed by atoms with E-state index in [2.05, 4.69) is 15.9 Å². The third-order valence-electron chi connectivity index (χ3n) is 2.19. The molecular formula is C10H10BrClN2O3. The first-order valence-electron chi connectivity index (χ1n) is 4.74. The maximum atomic E-state index is 11.8. The maximum Gasteiger partial charge on any atom is 0.289 e. The van der Waals surface area contributed by atoms with Gasteiger partial charge in [0.25, 0.3) is 11.2 Å². The van der Waals surface area contributed by atoms with Gasteiger partial charge in [0, 0.05) is 18.0 Å². The smallest absolute Gasteiger partial charge is 0.289 e. The number of alkyl halides is 1. The molecule has 0 unspecified atom stereocenters. The van der Waals surface area contributed by atoms with Crippen molar-refractivity contribution in [2.45, 2.75) is 13.5 Å². The molecular weight excluding hydrogens is 311 g/mol. The molecule has 0 spiro atoms. The molecule has 0 aliphatic rings. The van der Waals surface area contributed by atoms with E-state index in [9.17, 15) is 14.9 Å². The van der Waals surface area contributed by atoms with Crippen molar-refractivity contribution in [1.82, 2.24) is 4.57 Å². The van der Waals surface area contributed by atoms with Gasteiger partial charge in [0.15, 0.2) is 0 Å². The summed E-state index contributed by atoms with van der Waals surface area (Å²) in [4.78, 5) is 22.1. The molecule has 0 radical (unpaired) electrons. The lowest BCUT2D eigenvalue weighted by Gasteiger charge is -2.05. The molecule has 1 aromatic heterocycles. The molecule has 0 fully saturated rings. The molecule has 0 atom stereocenters. The minimum atomic E-state index is -0.513. The summed E-state index contributed by atoms with van der Waals surface area (Å²) in [5.74, 6) is 0.337. The van der Waals surface area contributed by atoms with Crippen molar-refractivity contribution in [3.8, 4) is 0 Å². The van der Waals surface area contributed by atoms with Crippen LogP contribution in [-0.2, 0) is 6.54 Å². The van der Waals surface area contributed by atoms with E-state index in [1.165, 1.54) is 17.7 Å². The molecule has 0 aliphatic heterocycles. The van der Waals surface area contributed by atoms with Gasteiger partial charge in [-0.05, 0) is 22.9 Å². The van der Waals surface area contributed by atoms with Crippen LogP contribution in [0.1, 0.15) is 5.56 Å². The number of hydrogen-bond acceptors (Lipinski definition) is 3. The summed E-state index contributed by atoms with van der Waals surface area (Å²) in [6, 6.07) is 0. The zero-order valence-corrected chi connectivity index (χ0v) is 11.4. The molecule has 0 aromatic carbocycles. The SMILES string of the molecule is Cc1c([N+](=O)[O-])cn(C/C=C/CCl)c(=O)c1Br. The van der Waals surface area contributed by atoms with Crippen LogP contribution in [0.15, 0.2) is 27.6 Å². The highest BCUT2D eigenvalue weighted by Crippen LogP contribution is 2.22. The van der Waals surface area contributed by atoms with E-state index in [1.54, 1.807) is 12.2 Å². The number of rotatable bonds is 4. The number of nitrogens with zero attached hydrogens (tertiary/aromatic N) is 2. The second-order valence-corrected chi connectivity index (χ2v) is 4.40. The van der Waals surface area contributed by atoms with E-state index in [1.807, 2.05) is 0 Å². The van der Waals surface area contributed by atoms with Crippen molar-refractivity contribution in [2.75, 3.05) is 5.88 Å². The number of aromatic nitrogens is 1. The molecule has 0 saturated carbocycles. The van der Waals surface area contributed by atoms with Crippen molar-refractivity contribution in [3.63, 3.8) is 0 Å². The lowest BCUT2D eigenvalue weighted by molar-refractivity contribution is -0.386. The van der Waals surface area contributed by atoms with Gasteiger partial charge in [-0.15, -0.1) is 11.6 Å². The van der Waals surface area contributed by atoms with Crippen molar-refractivity contribution < 1.29 is 4.92 Å². The Morgan fingerprint density at radius 1 is 1.59 bits per heavy atom. The number of halogens is 2. The molecule has 0 amide bonds. The van der Waals surface area contributed by atoms with Crippen molar-refractivity contribution in [3.05, 3.63) is 48.9 Å². The molecule has 92 valence electrons. The van der Waals surface area contributed by atoms with Gasteiger partial charge in [0.1, 0.15) is 0 Å². The number of nitro groups is 1. The summed E-state index contributed by atoms with van der Waals surface area (Å²) in [5, 5.41) is 10.8. The van der Waals surface area contributed by atoms with Crippen LogP contribution in [0.4, 0.5) is 5.69 Å². The highest BCUT2D eigenvalue weighted by Gasteiger charge is 2.17. The summed E-state index contributed by atoms with van der Waals surface area (Å²) in [6.07, 6.45) is 4.59. The zero-order chi connectivity index (χ0) is 13.0. The predicted molar refractivity (Wildman–Crippen MR) is 69.7 cm³/mol. The van der Waals surface area contributed by atoms with Gasteiger partial charge in [-0.1, -0.05) is 12.2 Å². The third-order valence-corrected chi connectivity index (χ3v) is 3.31. The average Bonchev–Trinajstić information content (AvgIpc) is 2.29. The average molecular weight is 322 g/mol. The minimum absolute atomic E-state index is 0.0873. The van der Waals surface area contributed by atoms with Crippen LogP contribution in [0.3, 0.4) is 0 Å². The molecule has 7 heteroatoms. The Bertz CT molecular complexity index is 525. The Labute approximate surface area is 111 Å². The fraction of sp³-hybridized carbons (Fsp3) is 0.300. The van der Waals surface area contributed by atoms with Crippen molar-refractivity contribution in [1.29, 1.82) is 0 Å². The van der Waals surface area contributed by atoms with Gasteiger partial charge < -0.3 is 4.57 Å². The van der Waals surface area contributed by atoms with Crippen LogP contribution in [0.5, 0.6) is 0 Å². The van der Waals surface area contributed by atoms with Gasteiger partial charge in [-0.25, -0.2) is 0 Å². The highest BCUT2D eigenvalue weighted by molar-refractivity contribution is 9.10. The van der Waals surface area contributed by atoms with E-state index in [4.69, 9.17) is 11.6 Å². The van der Waals surface area contributed by atoms with Gasteiger partial charge in [0.05, 0.1) is 15.6 Å². The zero-order valence-electron chi connectivity index (χ0n) is 9.02. The molecule has 0 bridgehead atoms. The van der Waals surface area contributed by atoms with Gasteiger partial charge >= 0.3 is 0 Å². The van der Waals surface area contributed by atoms with Crippen LogP contribution in [0.25, 0.3) is 0 Å². The second-order valence-electron chi connectivity index (χ2n) is 3.29. The van der Waals surface area contributed by atoms with E-state index in [-0.39, 0.29) is 22.3 Å². The van der Waals surface area contributed by atoms with Crippen molar-refractivity contribution in [2.24, 2.45) is 0 Å². The summed E-state index contributed by atoms with van der Waals surface area (Å²) in [5.41, 5.74) is -0.0550. The molecule has 0 aliphatic carbocycles.